The van der Waals surface area contributed by atoms with E-state index >= 15 is 0 Å². The van der Waals surface area contributed by atoms with E-state index in [1.807, 2.05) is 48.7 Å². The summed E-state index contributed by atoms with van der Waals surface area (Å²) >= 11 is 1.30. The highest BCUT2D eigenvalue weighted by Crippen LogP contribution is 2.28. The number of para-hydroxylation sites is 2. The van der Waals surface area contributed by atoms with Crippen LogP contribution in [0.3, 0.4) is 0 Å². The Hall–Kier alpha value is -2.87. The van der Waals surface area contributed by atoms with Crippen LogP contribution in [0.1, 0.15) is 38.7 Å². The fourth-order valence-corrected chi connectivity index (χ4v) is 3.66. The number of carbonyl (C=O) groups is 1. The van der Waals surface area contributed by atoms with E-state index in [4.69, 9.17) is 4.74 Å². The second kappa shape index (κ2) is 9.56. The number of amides is 1. The topological polar surface area (TPSA) is 69.0 Å². The van der Waals surface area contributed by atoms with Crippen LogP contribution < -0.4 is 10.1 Å². The van der Waals surface area contributed by atoms with E-state index in [1.54, 1.807) is 25.1 Å². The quantitative estimate of drug-likeness (QED) is 0.533. The molecule has 0 fully saturated rings. The van der Waals surface area contributed by atoms with Gasteiger partial charge in [-0.05, 0) is 45.0 Å². The van der Waals surface area contributed by atoms with E-state index in [9.17, 15) is 9.18 Å². The van der Waals surface area contributed by atoms with E-state index < -0.39 is 11.9 Å². The number of carbonyl (C=O) groups excluding carboxylic acids is 1. The largest absolute Gasteiger partial charge is 0.480 e. The van der Waals surface area contributed by atoms with Gasteiger partial charge < -0.3 is 14.6 Å². The van der Waals surface area contributed by atoms with Gasteiger partial charge in [-0.25, -0.2) is 4.39 Å². The number of aromatic nitrogens is 3. The van der Waals surface area contributed by atoms with Gasteiger partial charge in [-0.1, -0.05) is 42.1 Å². The lowest BCUT2D eigenvalue weighted by molar-refractivity contribution is -0.113. The molecular weight excluding hydrogens is 391 g/mol. The summed E-state index contributed by atoms with van der Waals surface area (Å²) in [7, 11) is 0. The summed E-state index contributed by atoms with van der Waals surface area (Å²) in [6.45, 7) is 5.79. The molecule has 0 saturated carbocycles. The Morgan fingerprint density at radius 3 is 2.48 bits per heavy atom. The lowest BCUT2D eigenvalue weighted by Crippen LogP contribution is -2.16. The van der Waals surface area contributed by atoms with Crippen molar-refractivity contribution >= 4 is 23.4 Å². The van der Waals surface area contributed by atoms with Crippen LogP contribution in [0.5, 0.6) is 5.75 Å². The lowest BCUT2D eigenvalue weighted by atomic mass is 10.3. The second-order valence-corrected chi connectivity index (χ2v) is 7.64. The van der Waals surface area contributed by atoms with Crippen LogP contribution in [0.4, 0.5) is 10.1 Å². The van der Waals surface area contributed by atoms with Crippen LogP contribution in [0.15, 0.2) is 59.8 Å². The van der Waals surface area contributed by atoms with Gasteiger partial charge in [0.1, 0.15) is 0 Å². The van der Waals surface area contributed by atoms with Gasteiger partial charge in [0.2, 0.25) is 5.91 Å². The average molecular weight is 415 g/mol. The van der Waals surface area contributed by atoms with Gasteiger partial charge in [-0.3, -0.25) is 4.79 Å². The van der Waals surface area contributed by atoms with E-state index in [-0.39, 0.29) is 23.5 Å². The number of nitrogens with one attached hydrogen (secondary N) is 1. The molecule has 2 aromatic carbocycles. The molecule has 1 amide bonds. The molecule has 1 unspecified atom stereocenters. The maximum atomic E-state index is 13.9. The zero-order chi connectivity index (χ0) is 20.8. The van der Waals surface area contributed by atoms with Crippen molar-refractivity contribution in [2.45, 2.75) is 38.1 Å². The van der Waals surface area contributed by atoms with Gasteiger partial charge in [-0.2, -0.15) is 0 Å². The Kier molecular flexibility index (Phi) is 6.87. The number of thioether (sulfide) groups is 1. The molecule has 152 valence electrons. The molecule has 0 aliphatic carbocycles. The van der Waals surface area contributed by atoms with Gasteiger partial charge in [0.25, 0.3) is 0 Å². The minimum Gasteiger partial charge on any atom is -0.480 e. The van der Waals surface area contributed by atoms with Crippen LogP contribution in [-0.4, -0.2) is 26.4 Å². The summed E-state index contributed by atoms with van der Waals surface area (Å²) in [4.78, 5) is 12.2. The molecular formula is C21H23FN4O2S. The molecule has 0 aliphatic heterocycles. The average Bonchev–Trinajstić information content (AvgIpc) is 3.13. The summed E-state index contributed by atoms with van der Waals surface area (Å²) in [5.41, 5.74) is 0.746. The summed E-state index contributed by atoms with van der Waals surface area (Å²) in [5.74, 6) is 0.380. The first-order chi connectivity index (χ1) is 14.0. The Bertz CT molecular complexity index is 962. The molecule has 6 nitrogen and oxygen atoms in total. The first-order valence-corrected chi connectivity index (χ1v) is 10.3. The molecule has 0 spiro atoms. The minimum atomic E-state index is -0.505. The number of ether oxygens (including phenoxy) is 1. The molecule has 1 atom stereocenters. The molecule has 1 N–H and O–H groups in total. The van der Waals surface area contributed by atoms with E-state index in [2.05, 4.69) is 15.5 Å². The molecule has 1 heterocycles. The van der Waals surface area contributed by atoms with Crippen LogP contribution >= 0.6 is 11.8 Å². The van der Waals surface area contributed by atoms with Crippen LogP contribution in [0, 0.1) is 5.82 Å². The zero-order valence-electron chi connectivity index (χ0n) is 16.5. The molecule has 0 bridgehead atoms. The fraction of sp³-hybridized carbons (Fsp3) is 0.286. The number of halogens is 1. The molecule has 0 aliphatic rings. The van der Waals surface area contributed by atoms with E-state index in [1.165, 1.54) is 17.8 Å². The first kappa shape index (κ1) is 20.9. The minimum absolute atomic E-state index is 0.0476. The molecule has 0 radical (unpaired) electrons. The molecule has 29 heavy (non-hydrogen) atoms. The van der Waals surface area contributed by atoms with Gasteiger partial charge in [0.15, 0.2) is 28.7 Å². The standard InChI is InChI=1S/C21H23FN4O2S/c1-14(2)26-20(15(3)28-18-12-8-7-11-17(18)22)24-25-21(26)29-13-19(27)23-16-9-5-4-6-10-16/h4-12,14-15H,13H2,1-3H3,(H,23,27). The second-order valence-electron chi connectivity index (χ2n) is 6.70. The van der Waals surface area contributed by atoms with Crippen LogP contribution in [-0.2, 0) is 4.79 Å². The Morgan fingerprint density at radius 1 is 1.10 bits per heavy atom. The molecule has 1 aromatic heterocycles. The smallest absolute Gasteiger partial charge is 0.234 e. The molecule has 8 heteroatoms. The predicted octanol–water partition coefficient (Wildman–Crippen LogP) is 4.87. The van der Waals surface area contributed by atoms with Crippen molar-refractivity contribution in [3.8, 4) is 5.75 Å². The van der Waals surface area contributed by atoms with Crippen molar-refractivity contribution in [2.24, 2.45) is 0 Å². The Balaban J connectivity index is 1.69. The van der Waals surface area contributed by atoms with Crippen molar-refractivity contribution in [3.05, 3.63) is 66.2 Å². The van der Waals surface area contributed by atoms with Crippen molar-refractivity contribution in [2.75, 3.05) is 11.1 Å². The van der Waals surface area contributed by atoms with Crippen molar-refractivity contribution in [1.82, 2.24) is 14.8 Å². The summed E-state index contributed by atoms with van der Waals surface area (Å²) in [6, 6.07) is 15.6. The Labute approximate surface area is 173 Å². The summed E-state index contributed by atoms with van der Waals surface area (Å²) < 4.78 is 21.6. The summed E-state index contributed by atoms with van der Waals surface area (Å²) in [5, 5.41) is 11.9. The zero-order valence-corrected chi connectivity index (χ0v) is 17.3. The maximum Gasteiger partial charge on any atom is 0.234 e. The van der Waals surface area contributed by atoms with E-state index in [0.717, 1.165) is 5.69 Å². The third-order valence-corrected chi connectivity index (χ3v) is 5.04. The highest BCUT2D eigenvalue weighted by Gasteiger charge is 2.22. The molecule has 3 rings (SSSR count). The van der Waals surface area contributed by atoms with Gasteiger partial charge in [-0.15, -0.1) is 10.2 Å². The fourth-order valence-electron chi connectivity index (χ4n) is 2.78. The summed E-state index contributed by atoms with van der Waals surface area (Å²) in [6.07, 6.45) is -0.505. The number of hydrogen-bond donors (Lipinski definition) is 1. The van der Waals surface area contributed by atoms with Crippen molar-refractivity contribution < 1.29 is 13.9 Å². The van der Waals surface area contributed by atoms with Crippen LogP contribution in [0.2, 0.25) is 0 Å². The normalized spacial score (nSPS) is 12.0. The number of rotatable bonds is 8. The van der Waals surface area contributed by atoms with E-state index in [0.29, 0.717) is 11.0 Å². The monoisotopic (exact) mass is 414 g/mol. The Morgan fingerprint density at radius 2 is 1.79 bits per heavy atom. The lowest BCUT2D eigenvalue weighted by Gasteiger charge is -2.19. The molecule has 0 saturated heterocycles. The van der Waals surface area contributed by atoms with Crippen molar-refractivity contribution in [3.63, 3.8) is 0 Å². The number of nitrogens with zero attached hydrogens (tertiary/aromatic N) is 3. The number of hydrogen-bond acceptors (Lipinski definition) is 5. The van der Waals surface area contributed by atoms with Gasteiger partial charge in [0, 0.05) is 11.7 Å². The van der Waals surface area contributed by atoms with Gasteiger partial charge in [0.05, 0.1) is 5.75 Å². The maximum absolute atomic E-state index is 13.9. The third kappa shape index (κ3) is 5.35. The number of anilines is 1. The van der Waals surface area contributed by atoms with Gasteiger partial charge >= 0.3 is 0 Å². The molecule has 3 aromatic rings. The van der Waals surface area contributed by atoms with Crippen LogP contribution in [0.25, 0.3) is 0 Å². The first-order valence-electron chi connectivity index (χ1n) is 9.29. The SMILES string of the molecule is CC(Oc1ccccc1F)c1nnc(SCC(=O)Nc2ccccc2)n1C(C)C. The van der Waals surface area contributed by atoms with Crippen molar-refractivity contribution in [1.29, 1.82) is 0 Å². The highest BCUT2D eigenvalue weighted by atomic mass is 32.2. The third-order valence-electron chi connectivity index (χ3n) is 4.10. The number of benzene rings is 2. The predicted molar refractivity (Wildman–Crippen MR) is 112 cm³/mol. The highest BCUT2D eigenvalue weighted by molar-refractivity contribution is 7.99.